The van der Waals surface area contributed by atoms with Crippen LogP contribution in [-0.4, -0.2) is 20.9 Å². The molecule has 5 rings (SSSR count). The van der Waals surface area contributed by atoms with E-state index in [-0.39, 0.29) is 16.4 Å². The van der Waals surface area contributed by atoms with Crippen LogP contribution in [0.1, 0.15) is 20.7 Å². The number of imidazole rings is 1. The molecule has 0 unspecified atom stereocenters. The lowest BCUT2D eigenvalue weighted by Gasteiger charge is -2.28. The van der Waals surface area contributed by atoms with Crippen LogP contribution in [0.25, 0.3) is 21.8 Å². The Hall–Kier alpha value is -2.90. The van der Waals surface area contributed by atoms with Gasteiger partial charge in [0.1, 0.15) is 0 Å². The van der Waals surface area contributed by atoms with Crippen molar-refractivity contribution in [2.75, 3.05) is 4.90 Å². The summed E-state index contributed by atoms with van der Waals surface area (Å²) in [5.74, 6) is -0.901. The second-order valence-electron chi connectivity index (χ2n) is 6.96. The van der Waals surface area contributed by atoms with Crippen molar-refractivity contribution >= 4 is 66.8 Å². The molecular formula is C21H13BrClN3O3. The SMILES string of the molecule is Cn1c(=O)n(C)c2cc(N3C(=O)c4cccc5c(Br)ccc(c45)C3=O)c(Cl)cc21. The lowest BCUT2D eigenvalue weighted by molar-refractivity contribution is 0.0893. The Balaban J connectivity index is 1.80. The number of aromatic nitrogens is 2. The average molecular weight is 471 g/mol. The van der Waals surface area contributed by atoms with E-state index in [1.165, 1.54) is 9.13 Å². The first kappa shape index (κ1) is 18.1. The Morgan fingerprint density at radius 2 is 1.48 bits per heavy atom. The Morgan fingerprint density at radius 3 is 2.17 bits per heavy atom. The number of fused-ring (bicyclic) bond motifs is 1. The molecule has 0 saturated carbocycles. The van der Waals surface area contributed by atoms with Gasteiger partial charge in [0.25, 0.3) is 11.8 Å². The number of halogens is 2. The van der Waals surface area contributed by atoms with Crippen molar-refractivity contribution in [1.82, 2.24) is 9.13 Å². The van der Waals surface area contributed by atoms with Crippen LogP contribution in [0.15, 0.2) is 51.7 Å². The van der Waals surface area contributed by atoms with Gasteiger partial charge in [-0.15, -0.1) is 0 Å². The summed E-state index contributed by atoms with van der Waals surface area (Å²) < 4.78 is 3.74. The highest BCUT2D eigenvalue weighted by Gasteiger charge is 2.35. The molecule has 0 saturated heterocycles. The first-order chi connectivity index (χ1) is 13.8. The first-order valence-corrected chi connectivity index (χ1v) is 9.93. The van der Waals surface area contributed by atoms with Crippen molar-refractivity contribution in [2.24, 2.45) is 14.1 Å². The van der Waals surface area contributed by atoms with E-state index in [1.54, 1.807) is 50.5 Å². The van der Waals surface area contributed by atoms with Crippen molar-refractivity contribution in [3.05, 3.63) is 73.6 Å². The molecule has 1 aliphatic heterocycles. The number of rotatable bonds is 1. The highest BCUT2D eigenvalue weighted by Crippen LogP contribution is 2.39. The van der Waals surface area contributed by atoms with Gasteiger partial charge in [0.15, 0.2) is 0 Å². The van der Waals surface area contributed by atoms with Crippen LogP contribution in [0.2, 0.25) is 5.02 Å². The fourth-order valence-electron chi connectivity index (χ4n) is 3.96. The summed E-state index contributed by atoms with van der Waals surface area (Å²) in [6.45, 7) is 0. The predicted molar refractivity (Wildman–Crippen MR) is 116 cm³/mol. The zero-order valence-electron chi connectivity index (χ0n) is 15.4. The van der Waals surface area contributed by atoms with E-state index in [9.17, 15) is 14.4 Å². The Bertz CT molecular complexity index is 1450. The van der Waals surface area contributed by atoms with Gasteiger partial charge in [-0.1, -0.05) is 39.7 Å². The van der Waals surface area contributed by atoms with Gasteiger partial charge in [-0.3, -0.25) is 18.7 Å². The molecule has 8 heteroatoms. The van der Waals surface area contributed by atoms with E-state index in [1.807, 2.05) is 6.07 Å². The topological polar surface area (TPSA) is 64.3 Å². The number of carbonyl (C=O) groups excluding carboxylic acids is 2. The molecule has 1 aliphatic rings. The van der Waals surface area contributed by atoms with Gasteiger partial charge in [-0.2, -0.15) is 0 Å². The minimum Gasteiger partial charge on any atom is -0.295 e. The standard InChI is InChI=1S/C21H13BrClN3O3/c1-24-16-8-14(23)15(9-17(16)25(2)21(24)29)26-19(27)11-5-3-4-10-13(22)7-6-12(18(10)11)20(26)28/h3-9H,1-2H3. The smallest absolute Gasteiger partial charge is 0.295 e. The van der Waals surface area contributed by atoms with E-state index in [4.69, 9.17) is 11.6 Å². The van der Waals surface area contributed by atoms with Gasteiger partial charge in [0.05, 0.1) is 21.7 Å². The number of benzene rings is 3. The third-order valence-corrected chi connectivity index (χ3v) is 6.43. The largest absolute Gasteiger partial charge is 0.328 e. The lowest BCUT2D eigenvalue weighted by Crippen LogP contribution is -2.40. The van der Waals surface area contributed by atoms with Crippen molar-refractivity contribution in [2.45, 2.75) is 0 Å². The molecule has 3 aromatic carbocycles. The fourth-order valence-corrected chi connectivity index (χ4v) is 4.66. The molecule has 0 spiro atoms. The van der Waals surface area contributed by atoms with Crippen LogP contribution in [0.4, 0.5) is 5.69 Å². The fraction of sp³-hybridized carbons (Fsp3) is 0.0952. The highest BCUT2D eigenvalue weighted by molar-refractivity contribution is 9.10. The quantitative estimate of drug-likeness (QED) is 0.391. The average Bonchev–Trinajstić information content (AvgIpc) is 2.91. The number of anilines is 1. The van der Waals surface area contributed by atoms with Crippen LogP contribution in [-0.2, 0) is 14.1 Å². The molecule has 0 radical (unpaired) electrons. The molecule has 4 aromatic rings. The molecule has 0 atom stereocenters. The summed E-state index contributed by atoms with van der Waals surface area (Å²) in [4.78, 5) is 40.0. The molecule has 2 heterocycles. The zero-order valence-corrected chi connectivity index (χ0v) is 17.7. The molecular weight excluding hydrogens is 458 g/mol. The van der Waals surface area contributed by atoms with Gasteiger partial charge in [-0.05, 0) is 35.7 Å². The number of imide groups is 1. The molecule has 144 valence electrons. The van der Waals surface area contributed by atoms with Gasteiger partial charge in [0, 0.05) is 35.1 Å². The summed E-state index contributed by atoms with van der Waals surface area (Å²) in [6, 6.07) is 12.0. The van der Waals surface area contributed by atoms with E-state index < -0.39 is 11.8 Å². The third-order valence-electron chi connectivity index (χ3n) is 5.44. The van der Waals surface area contributed by atoms with E-state index in [0.717, 1.165) is 14.8 Å². The molecule has 6 nitrogen and oxygen atoms in total. The monoisotopic (exact) mass is 469 g/mol. The molecule has 2 amide bonds. The molecule has 0 aliphatic carbocycles. The minimum atomic E-state index is -0.451. The van der Waals surface area contributed by atoms with Gasteiger partial charge in [-0.25, -0.2) is 9.69 Å². The van der Waals surface area contributed by atoms with Crippen LogP contribution in [0.3, 0.4) is 0 Å². The predicted octanol–water partition coefficient (Wildman–Crippen LogP) is 4.25. The van der Waals surface area contributed by atoms with Crippen LogP contribution < -0.4 is 10.6 Å². The normalized spacial score (nSPS) is 13.7. The Morgan fingerprint density at radius 1 is 0.862 bits per heavy atom. The Labute approximate surface area is 178 Å². The second-order valence-corrected chi connectivity index (χ2v) is 8.22. The third kappa shape index (κ3) is 2.31. The summed E-state index contributed by atoms with van der Waals surface area (Å²) in [6.07, 6.45) is 0. The van der Waals surface area contributed by atoms with E-state index in [0.29, 0.717) is 27.5 Å². The maximum Gasteiger partial charge on any atom is 0.328 e. The van der Waals surface area contributed by atoms with Crippen molar-refractivity contribution in [3.63, 3.8) is 0 Å². The van der Waals surface area contributed by atoms with Crippen LogP contribution >= 0.6 is 27.5 Å². The van der Waals surface area contributed by atoms with Crippen molar-refractivity contribution in [3.8, 4) is 0 Å². The number of nitrogens with zero attached hydrogens (tertiary/aromatic N) is 3. The van der Waals surface area contributed by atoms with Gasteiger partial charge < -0.3 is 0 Å². The zero-order chi connectivity index (χ0) is 20.6. The molecule has 0 N–H and O–H groups in total. The van der Waals surface area contributed by atoms with Crippen molar-refractivity contribution < 1.29 is 9.59 Å². The minimum absolute atomic E-state index is 0.216. The Kier molecular flexibility index (Phi) is 3.78. The molecule has 0 bridgehead atoms. The number of aryl methyl sites for hydroxylation is 2. The number of carbonyl (C=O) groups is 2. The lowest BCUT2D eigenvalue weighted by atomic mass is 9.93. The van der Waals surface area contributed by atoms with Crippen LogP contribution in [0.5, 0.6) is 0 Å². The van der Waals surface area contributed by atoms with E-state index in [2.05, 4.69) is 15.9 Å². The molecule has 0 fully saturated rings. The number of amides is 2. The summed E-state index contributed by atoms with van der Waals surface area (Å²) >= 11 is 9.96. The maximum absolute atomic E-state index is 13.3. The highest BCUT2D eigenvalue weighted by atomic mass is 79.9. The number of hydrogen-bond donors (Lipinski definition) is 0. The van der Waals surface area contributed by atoms with Crippen LogP contribution in [0, 0.1) is 0 Å². The summed E-state index contributed by atoms with van der Waals surface area (Å²) in [5.41, 5.74) is 2.09. The van der Waals surface area contributed by atoms with Gasteiger partial charge >= 0.3 is 5.69 Å². The summed E-state index contributed by atoms with van der Waals surface area (Å²) in [5, 5.41) is 1.64. The van der Waals surface area contributed by atoms with Crippen molar-refractivity contribution in [1.29, 1.82) is 0 Å². The first-order valence-electron chi connectivity index (χ1n) is 8.76. The maximum atomic E-state index is 13.3. The van der Waals surface area contributed by atoms with E-state index >= 15 is 0 Å². The molecule has 29 heavy (non-hydrogen) atoms. The van der Waals surface area contributed by atoms with Gasteiger partial charge in [0.2, 0.25) is 0 Å². The summed E-state index contributed by atoms with van der Waals surface area (Å²) in [7, 11) is 3.28. The second kappa shape index (κ2) is 6.05. The molecule has 1 aromatic heterocycles. The number of hydrogen-bond acceptors (Lipinski definition) is 3.